The minimum atomic E-state index is 0.778. The Hall–Kier alpha value is -0.0800. The van der Waals surface area contributed by atoms with Crippen LogP contribution in [0.25, 0.3) is 0 Å². The summed E-state index contributed by atoms with van der Waals surface area (Å²) in [4.78, 5) is 0. The second-order valence-corrected chi connectivity index (χ2v) is 4.35. The maximum absolute atomic E-state index is 4.94. The van der Waals surface area contributed by atoms with Gasteiger partial charge in [0.05, 0.1) is 26.4 Å². The summed E-state index contributed by atoms with van der Waals surface area (Å²) in [7, 11) is 0. The van der Waals surface area contributed by atoms with Crippen LogP contribution in [0, 0.1) is 0 Å². The van der Waals surface area contributed by atoms with Gasteiger partial charge < -0.3 is 9.47 Å². The molecule has 0 aromatic carbocycles. The van der Waals surface area contributed by atoms with Gasteiger partial charge in [0.1, 0.15) is 0 Å². The first-order valence-corrected chi connectivity index (χ1v) is 7.07. The largest absolute Gasteiger partial charge is 0.377 e. The number of hydrogen-bond donors (Lipinski definition) is 0. The molecule has 0 saturated carbocycles. The van der Waals surface area contributed by atoms with Gasteiger partial charge in [-0.15, -0.1) is 0 Å². The molecular weight excluding hydrogens is 200 g/mol. The zero-order valence-corrected chi connectivity index (χ0v) is 11.3. The summed E-state index contributed by atoms with van der Waals surface area (Å²) in [5, 5.41) is 0. The smallest absolute Gasteiger partial charge is 0.0701 e. The van der Waals surface area contributed by atoms with Crippen molar-refractivity contribution < 1.29 is 9.47 Å². The summed E-state index contributed by atoms with van der Waals surface area (Å²) in [5.74, 6) is 0. The van der Waals surface area contributed by atoms with Crippen molar-refractivity contribution in [3.05, 3.63) is 0 Å². The molecule has 1 fully saturated rings. The molecule has 0 spiro atoms. The highest BCUT2D eigenvalue weighted by molar-refractivity contribution is 4.43. The Labute approximate surface area is 102 Å². The molecule has 0 amide bonds. The molecule has 0 aromatic rings. The second kappa shape index (κ2) is 14.9. The van der Waals surface area contributed by atoms with E-state index in [-0.39, 0.29) is 0 Å². The Bertz CT molecular complexity index is 91.8. The molecule has 2 nitrogen and oxygen atoms in total. The fraction of sp³-hybridized carbons (Fsp3) is 1.00. The molecule has 0 radical (unpaired) electrons. The second-order valence-electron chi connectivity index (χ2n) is 4.35. The van der Waals surface area contributed by atoms with Gasteiger partial charge in [-0.1, -0.05) is 65.2 Å². The first-order chi connectivity index (χ1) is 7.91. The van der Waals surface area contributed by atoms with E-state index in [1.165, 1.54) is 51.4 Å². The van der Waals surface area contributed by atoms with E-state index in [0.29, 0.717) is 0 Å². The summed E-state index contributed by atoms with van der Waals surface area (Å²) in [6.07, 6.45) is 11.5. The number of hydrogen-bond acceptors (Lipinski definition) is 2. The van der Waals surface area contributed by atoms with Gasteiger partial charge in [0, 0.05) is 0 Å². The SMILES string of the molecule is C1COCCO1.CCCCCCCCCC. The zero-order valence-electron chi connectivity index (χ0n) is 11.3. The Morgan fingerprint density at radius 1 is 0.562 bits per heavy atom. The topological polar surface area (TPSA) is 18.5 Å². The third-order valence-corrected chi connectivity index (χ3v) is 2.70. The molecule has 1 heterocycles. The summed E-state index contributed by atoms with van der Waals surface area (Å²) in [6.45, 7) is 7.65. The van der Waals surface area contributed by atoms with Crippen molar-refractivity contribution >= 4 is 0 Å². The molecule has 1 saturated heterocycles. The van der Waals surface area contributed by atoms with E-state index in [1.807, 2.05) is 0 Å². The van der Waals surface area contributed by atoms with Crippen LogP contribution >= 0.6 is 0 Å². The van der Waals surface area contributed by atoms with Crippen molar-refractivity contribution in [3.63, 3.8) is 0 Å². The molecule has 1 aliphatic rings. The van der Waals surface area contributed by atoms with Crippen LogP contribution in [0.4, 0.5) is 0 Å². The Morgan fingerprint density at radius 3 is 1.12 bits per heavy atom. The lowest BCUT2D eigenvalue weighted by molar-refractivity contribution is -0.0334. The van der Waals surface area contributed by atoms with Gasteiger partial charge >= 0.3 is 0 Å². The minimum absolute atomic E-state index is 0.778. The van der Waals surface area contributed by atoms with Gasteiger partial charge in [0.25, 0.3) is 0 Å². The molecule has 0 bridgehead atoms. The summed E-state index contributed by atoms with van der Waals surface area (Å²) in [6, 6.07) is 0. The third kappa shape index (κ3) is 13.9. The van der Waals surface area contributed by atoms with Gasteiger partial charge in [0.15, 0.2) is 0 Å². The molecule has 0 atom stereocenters. The van der Waals surface area contributed by atoms with Gasteiger partial charge in [0.2, 0.25) is 0 Å². The standard InChI is InChI=1S/C10H22.C4H8O2/c1-3-5-7-9-10-8-6-4-2;1-2-6-4-3-5-1/h3-10H2,1-2H3;1-4H2. The van der Waals surface area contributed by atoms with E-state index < -0.39 is 0 Å². The normalized spacial score (nSPS) is 15.4. The molecule has 0 unspecified atom stereocenters. The van der Waals surface area contributed by atoms with Crippen molar-refractivity contribution in [3.8, 4) is 0 Å². The van der Waals surface area contributed by atoms with Crippen LogP contribution in [0.1, 0.15) is 65.2 Å². The highest BCUT2D eigenvalue weighted by Gasteiger charge is 1.94. The van der Waals surface area contributed by atoms with Crippen LogP contribution in [-0.2, 0) is 9.47 Å². The van der Waals surface area contributed by atoms with Crippen LogP contribution < -0.4 is 0 Å². The highest BCUT2D eigenvalue weighted by atomic mass is 16.6. The predicted molar refractivity (Wildman–Crippen MR) is 69.9 cm³/mol. The van der Waals surface area contributed by atoms with E-state index in [2.05, 4.69) is 13.8 Å². The summed E-state index contributed by atoms with van der Waals surface area (Å²) >= 11 is 0. The van der Waals surface area contributed by atoms with Gasteiger partial charge in [-0.05, 0) is 0 Å². The summed E-state index contributed by atoms with van der Waals surface area (Å²) < 4.78 is 9.89. The molecular formula is C14H30O2. The minimum Gasteiger partial charge on any atom is -0.377 e. The van der Waals surface area contributed by atoms with Crippen LogP contribution in [0.3, 0.4) is 0 Å². The summed E-state index contributed by atoms with van der Waals surface area (Å²) in [5.41, 5.74) is 0. The van der Waals surface area contributed by atoms with Gasteiger partial charge in [-0.25, -0.2) is 0 Å². The van der Waals surface area contributed by atoms with Crippen molar-refractivity contribution in [1.82, 2.24) is 0 Å². The lowest BCUT2D eigenvalue weighted by atomic mass is 10.1. The number of unbranched alkanes of at least 4 members (excludes halogenated alkanes) is 7. The van der Waals surface area contributed by atoms with Crippen LogP contribution in [0.5, 0.6) is 0 Å². The Kier molecular flexibility index (Phi) is 14.8. The maximum Gasteiger partial charge on any atom is 0.0701 e. The molecule has 1 rings (SSSR count). The zero-order chi connectivity index (χ0) is 11.9. The average molecular weight is 230 g/mol. The molecule has 1 aliphatic heterocycles. The number of rotatable bonds is 7. The highest BCUT2D eigenvalue weighted by Crippen LogP contribution is 2.07. The van der Waals surface area contributed by atoms with E-state index in [9.17, 15) is 0 Å². The lowest BCUT2D eigenvalue weighted by Crippen LogP contribution is -2.16. The molecule has 98 valence electrons. The van der Waals surface area contributed by atoms with Crippen LogP contribution in [0.15, 0.2) is 0 Å². The average Bonchev–Trinajstić information content (AvgIpc) is 2.37. The fourth-order valence-corrected chi connectivity index (χ4v) is 1.65. The van der Waals surface area contributed by atoms with Crippen molar-refractivity contribution in [2.75, 3.05) is 26.4 Å². The van der Waals surface area contributed by atoms with Gasteiger partial charge in [-0.2, -0.15) is 0 Å². The van der Waals surface area contributed by atoms with E-state index in [0.717, 1.165) is 26.4 Å². The first kappa shape index (κ1) is 15.9. The first-order valence-electron chi connectivity index (χ1n) is 7.07. The van der Waals surface area contributed by atoms with E-state index >= 15 is 0 Å². The van der Waals surface area contributed by atoms with Crippen molar-refractivity contribution in [1.29, 1.82) is 0 Å². The maximum atomic E-state index is 4.94. The number of ether oxygens (including phenoxy) is 2. The molecule has 0 N–H and O–H groups in total. The van der Waals surface area contributed by atoms with E-state index in [1.54, 1.807) is 0 Å². The molecule has 16 heavy (non-hydrogen) atoms. The van der Waals surface area contributed by atoms with Crippen molar-refractivity contribution in [2.45, 2.75) is 65.2 Å². The molecule has 2 heteroatoms. The molecule has 0 aromatic heterocycles. The lowest BCUT2D eigenvalue weighted by Gasteiger charge is -2.09. The van der Waals surface area contributed by atoms with Crippen molar-refractivity contribution in [2.24, 2.45) is 0 Å². The Balaban J connectivity index is 0.000000315. The van der Waals surface area contributed by atoms with Crippen LogP contribution in [-0.4, -0.2) is 26.4 Å². The van der Waals surface area contributed by atoms with Gasteiger partial charge in [-0.3, -0.25) is 0 Å². The Morgan fingerprint density at radius 2 is 0.875 bits per heavy atom. The fourth-order valence-electron chi connectivity index (χ4n) is 1.65. The quantitative estimate of drug-likeness (QED) is 0.611. The molecule has 0 aliphatic carbocycles. The van der Waals surface area contributed by atoms with E-state index in [4.69, 9.17) is 9.47 Å². The monoisotopic (exact) mass is 230 g/mol. The predicted octanol–water partition coefficient (Wildman–Crippen LogP) is 4.18. The van der Waals surface area contributed by atoms with Crippen LogP contribution in [0.2, 0.25) is 0 Å². The third-order valence-electron chi connectivity index (χ3n) is 2.70.